The van der Waals surface area contributed by atoms with E-state index in [1.165, 1.54) is 32.1 Å². The van der Waals surface area contributed by atoms with Gasteiger partial charge >= 0.3 is 0 Å². The molecule has 3 fully saturated rings. The van der Waals surface area contributed by atoms with Crippen LogP contribution in [0, 0.1) is 17.8 Å². The predicted octanol–water partition coefficient (Wildman–Crippen LogP) is 4.76. The van der Waals surface area contributed by atoms with E-state index in [0.29, 0.717) is 72.9 Å². The van der Waals surface area contributed by atoms with Crippen molar-refractivity contribution in [3.63, 3.8) is 0 Å². The van der Waals surface area contributed by atoms with Gasteiger partial charge in [-0.2, -0.15) is 0 Å². The monoisotopic (exact) mass is 557 g/mol. The van der Waals surface area contributed by atoms with E-state index in [0.717, 1.165) is 38.9 Å². The molecule has 1 aromatic rings. The molecule has 224 valence electrons. The highest BCUT2D eigenvalue weighted by Crippen LogP contribution is 2.34. The molecule has 8 heteroatoms. The van der Waals surface area contributed by atoms with E-state index in [9.17, 15) is 9.59 Å². The Morgan fingerprint density at radius 3 is 2.33 bits per heavy atom. The number of benzene rings is 1. The van der Waals surface area contributed by atoms with Crippen molar-refractivity contribution in [3.8, 4) is 11.5 Å². The average Bonchev–Trinajstić information content (AvgIpc) is 3.71. The number of rotatable bonds is 15. The maximum absolute atomic E-state index is 13.8. The van der Waals surface area contributed by atoms with E-state index < -0.39 is 0 Å². The third-order valence-corrected chi connectivity index (χ3v) is 8.88. The first-order valence-electron chi connectivity index (χ1n) is 15.5. The third kappa shape index (κ3) is 8.35. The van der Waals surface area contributed by atoms with Crippen LogP contribution in [0.4, 0.5) is 0 Å². The maximum atomic E-state index is 13.8. The second kappa shape index (κ2) is 15.1. The standard InChI is InChI=1S/C32H51N3O5/c1-23(2)34(32(37)25-11-14-29(39-4)30(18-25)40-16-8-15-38-3)21-26-19-33-20-27(26)22-35(28-12-13-28)31(36)17-24-9-6-5-7-10-24/h11,14,18,23-24,26-28,33H,5-10,12-13,15-17,19-22H2,1-4H3. The molecule has 4 rings (SSSR count). The van der Waals surface area contributed by atoms with E-state index in [2.05, 4.69) is 24.1 Å². The summed E-state index contributed by atoms with van der Waals surface area (Å²) >= 11 is 0. The lowest BCUT2D eigenvalue weighted by molar-refractivity contribution is -0.133. The van der Waals surface area contributed by atoms with Crippen LogP contribution in [0.25, 0.3) is 0 Å². The topological polar surface area (TPSA) is 80.3 Å². The summed E-state index contributed by atoms with van der Waals surface area (Å²) < 4.78 is 16.5. The minimum atomic E-state index is -0.00234. The fraction of sp³-hybridized carbons (Fsp3) is 0.750. The number of carbonyl (C=O) groups excluding carboxylic acids is 2. The molecular formula is C32H51N3O5. The van der Waals surface area contributed by atoms with Crippen LogP contribution >= 0.6 is 0 Å². The minimum absolute atomic E-state index is 0.00234. The Morgan fingerprint density at radius 2 is 1.68 bits per heavy atom. The molecule has 2 amide bonds. The summed E-state index contributed by atoms with van der Waals surface area (Å²) in [5, 5.41) is 3.57. The Balaban J connectivity index is 1.40. The lowest BCUT2D eigenvalue weighted by Gasteiger charge is -2.34. The smallest absolute Gasteiger partial charge is 0.254 e. The van der Waals surface area contributed by atoms with Gasteiger partial charge in [-0.3, -0.25) is 9.59 Å². The van der Waals surface area contributed by atoms with Gasteiger partial charge in [0, 0.05) is 70.4 Å². The van der Waals surface area contributed by atoms with Gasteiger partial charge < -0.3 is 29.3 Å². The van der Waals surface area contributed by atoms with E-state index >= 15 is 0 Å². The molecule has 0 aromatic heterocycles. The van der Waals surface area contributed by atoms with E-state index in [-0.39, 0.29) is 11.9 Å². The van der Waals surface area contributed by atoms with Crippen molar-refractivity contribution < 1.29 is 23.8 Å². The van der Waals surface area contributed by atoms with Crippen LogP contribution in [-0.2, 0) is 9.53 Å². The molecule has 1 aliphatic heterocycles. The molecule has 8 nitrogen and oxygen atoms in total. The highest BCUT2D eigenvalue weighted by Gasteiger charge is 2.39. The van der Waals surface area contributed by atoms with Crippen LogP contribution in [-0.4, -0.2) is 87.3 Å². The maximum Gasteiger partial charge on any atom is 0.254 e. The molecule has 1 aromatic carbocycles. The Labute approximate surface area is 241 Å². The van der Waals surface area contributed by atoms with Gasteiger partial charge in [-0.15, -0.1) is 0 Å². The molecule has 2 atom stereocenters. The molecule has 40 heavy (non-hydrogen) atoms. The third-order valence-electron chi connectivity index (χ3n) is 8.88. The van der Waals surface area contributed by atoms with E-state index in [4.69, 9.17) is 14.2 Å². The Kier molecular flexibility index (Phi) is 11.5. The summed E-state index contributed by atoms with van der Waals surface area (Å²) in [7, 11) is 3.28. The molecule has 0 radical (unpaired) electrons. The number of amides is 2. The van der Waals surface area contributed by atoms with Crippen LogP contribution in [0.2, 0.25) is 0 Å². The molecule has 2 saturated carbocycles. The van der Waals surface area contributed by atoms with Gasteiger partial charge in [-0.1, -0.05) is 19.3 Å². The molecular weight excluding hydrogens is 506 g/mol. The molecule has 2 unspecified atom stereocenters. The first-order chi connectivity index (χ1) is 19.4. The SMILES string of the molecule is COCCCOc1cc(C(=O)N(CC2CNCC2CN(C(=O)CC2CCCCC2)C2CC2)C(C)C)ccc1OC. The van der Waals surface area contributed by atoms with Crippen LogP contribution in [0.3, 0.4) is 0 Å². The number of methoxy groups -OCH3 is 2. The zero-order chi connectivity index (χ0) is 28.5. The van der Waals surface area contributed by atoms with Crippen molar-refractivity contribution >= 4 is 11.8 Å². The van der Waals surface area contributed by atoms with Crippen molar-refractivity contribution in [2.75, 3.05) is 53.6 Å². The van der Waals surface area contributed by atoms with E-state index in [1.807, 2.05) is 17.0 Å². The molecule has 1 saturated heterocycles. The van der Waals surface area contributed by atoms with Gasteiger partial charge in [-0.25, -0.2) is 0 Å². The van der Waals surface area contributed by atoms with Crippen LogP contribution in [0.15, 0.2) is 18.2 Å². The van der Waals surface area contributed by atoms with Gasteiger partial charge in [0.2, 0.25) is 5.91 Å². The number of carbonyl (C=O) groups is 2. The van der Waals surface area contributed by atoms with Gasteiger partial charge in [-0.05, 0) is 75.5 Å². The zero-order valence-electron chi connectivity index (χ0n) is 25.2. The average molecular weight is 558 g/mol. The normalized spacial score (nSPS) is 21.4. The van der Waals surface area contributed by atoms with Crippen molar-refractivity contribution in [2.45, 2.75) is 83.7 Å². The predicted molar refractivity (Wildman–Crippen MR) is 157 cm³/mol. The molecule has 3 aliphatic rings. The molecule has 0 spiro atoms. The second-order valence-electron chi connectivity index (χ2n) is 12.3. The summed E-state index contributed by atoms with van der Waals surface area (Å²) in [6, 6.07) is 5.90. The zero-order valence-corrected chi connectivity index (χ0v) is 25.2. The largest absolute Gasteiger partial charge is 0.493 e. The second-order valence-corrected chi connectivity index (χ2v) is 12.3. The van der Waals surface area contributed by atoms with Crippen molar-refractivity contribution in [2.24, 2.45) is 17.8 Å². The number of hydrogen-bond donors (Lipinski definition) is 1. The van der Waals surface area contributed by atoms with Gasteiger partial charge in [0.05, 0.1) is 13.7 Å². The summed E-state index contributed by atoms with van der Waals surface area (Å²) in [6.45, 7) is 8.48. The number of nitrogens with one attached hydrogen (secondary N) is 1. The Hall–Kier alpha value is -2.32. The number of ether oxygens (including phenoxy) is 3. The van der Waals surface area contributed by atoms with Crippen LogP contribution < -0.4 is 14.8 Å². The number of nitrogens with zero attached hydrogens (tertiary/aromatic N) is 2. The fourth-order valence-electron chi connectivity index (χ4n) is 6.32. The first-order valence-corrected chi connectivity index (χ1v) is 15.5. The lowest BCUT2D eigenvalue weighted by atomic mass is 9.86. The Bertz CT molecular complexity index is 960. The van der Waals surface area contributed by atoms with Crippen molar-refractivity contribution in [1.29, 1.82) is 0 Å². The van der Waals surface area contributed by atoms with E-state index in [1.54, 1.807) is 20.3 Å². The van der Waals surface area contributed by atoms with Crippen molar-refractivity contribution in [3.05, 3.63) is 23.8 Å². The first kappa shape index (κ1) is 30.6. The summed E-state index contributed by atoms with van der Waals surface area (Å²) in [6.07, 6.45) is 9.99. The number of hydrogen-bond acceptors (Lipinski definition) is 6. The minimum Gasteiger partial charge on any atom is -0.493 e. The fourth-order valence-corrected chi connectivity index (χ4v) is 6.32. The molecule has 2 aliphatic carbocycles. The summed E-state index contributed by atoms with van der Waals surface area (Å²) in [5.41, 5.74) is 0.598. The molecule has 1 N–H and O–H groups in total. The Morgan fingerprint density at radius 1 is 0.950 bits per heavy atom. The highest BCUT2D eigenvalue weighted by molar-refractivity contribution is 5.95. The quantitative estimate of drug-likeness (QED) is 0.313. The van der Waals surface area contributed by atoms with Gasteiger partial charge in [0.1, 0.15) is 0 Å². The summed E-state index contributed by atoms with van der Waals surface area (Å²) in [4.78, 5) is 31.4. The van der Waals surface area contributed by atoms with Gasteiger partial charge in [0.15, 0.2) is 11.5 Å². The van der Waals surface area contributed by atoms with Gasteiger partial charge in [0.25, 0.3) is 5.91 Å². The highest BCUT2D eigenvalue weighted by atomic mass is 16.5. The lowest BCUT2D eigenvalue weighted by Crippen LogP contribution is -2.45. The molecule has 0 bridgehead atoms. The summed E-state index contributed by atoms with van der Waals surface area (Å²) in [5.74, 6) is 2.75. The molecule has 1 heterocycles. The van der Waals surface area contributed by atoms with Crippen molar-refractivity contribution in [1.82, 2.24) is 15.1 Å². The van der Waals surface area contributed by atoms with Crippen LogP contribution in [0.5, 0.6) is 11.5 Å². The van der Waals surface area contributed by atoms with Crippen LogP contribution in [0.1, 0.15) is 82.0 Å².